The number of carbonyl (C=O) groups excluding carboxylic acids is 2. The summed E-state index contributed by atoms with van der Waals surface area (Å²) in [5.41, 5.74) is 2.47. The van der Waals surface area contributed by atoms with Crippen molar-refractivity contribution in [2.75, 3.05) is 14.2 Å². The minimum atomic E-state index is -0.828. The van der Waals surface area contributed by atoms with E-state index < -0.39 is 24.0 Å². The molecule has 0 spiro atoms. The van der Waals surface area contributed by atoms with Gasteiger partial charge in [0.25, 0.3) is 0 Å². The van der Waals surface area contributed by atoms with Crippen LogP contribution in [0.5, 0.6) is 23.0 Å². The summed E-state index contributed by atoms with van der Waals surface area (Å²) in [7, 11) is 3.20. The summed E-state index contributed by atoms with van der Waals surface area (Å²) in [5.74, 6) is 0.433. The lowest BCUT2D eigenvalue weighted by atomic mass is 9.70. The minimum absolute atomic E-state index is 0.146. The predicted octanol–water partition coefficient (Wildman–Crippen LogP) is 6.27. The number of fused-ring (bicyclic) bond motifs is 2. The van der Waals surface area contributed by atoms with Crippen molar-refractivity contribution in [3.63, 3.8) is 0 Å². The number of hydrogen-bond donors (Lipinski definition) is 0. The molecule has 38 heavy (non-hydrogen) atoms. The zero-order valence-electron chi connectivity index (χ0n) is 21.0. The zero-order chi connectivity index (χ0) is 26.2. The predicted molar refractivity (Wildman–Crippen MR) is 141 cm³/mol. The Morgan fingerprint density at radius 1 is 0.526 bits per heavy atom. The average Bonchev–Trinajstić information content (AvgIpc) is 2.98. The number of methoxy groups -OCH3 is 2. The van der Waals surface area contributed by atoms with E-state index in [-0.39, 0.29) is 11.6 Å². The molecular weight excluding hydrogens is 480 g/mol. The molecule has 0 saturated carbocycles. The molecule has 6 heteroatoms. The number of ketones is 2. The van der Waals surface area contributed by atoms with Crippen molar-refractivity contribution in [2.24, 2.45) is 11.8 Å². The summed E-state index contributed by atoms with van der Waals surface area (Å²) in [4.78, 5) is 28.5. The van der Waals surface area contributed by atoms with Crippen molar-refractivity contribution in [3.8, 4) is 23.0 Å². The Hall–Kier alpha value is -4.58. The smallest absolute Gasteiger partial charge is 0.174 e. The summed E-state index contributed by atoms with van der Waals surface area (Å²) < 4.78 is 23.7. The summed E-state index contributed by atoms with van der Waals surface area (Å²) in [6.45, 7) is 0. The first-order valence-electron chi connectivity index (χ1n) is 12.5. The molecule has 4 atom stereocenters. The van der Waals surface area contributed by atoms with Crippen LogP contribution in [0.3, 0.4) is 0 Å². The highest BCUT2D eigenvalue weighted by molar-refractivity contribution is 6.08. The van der Waals surface area contributed by atoms with Crippen molar-refractivity contribution in [2.45, 2.75) is 12.2 Å². The molecule has 190 valence electrons. The molecule has 0 aliphatic carbocycles. The zero-order valence-corrected chi connectivity index (χ0v) is 21.0. The van der Waals surface area contributed by atoms with Crippen LogP contribution in [0.1, 0.15) is 44.1 Å². The van der Waals surface area contributed by atoms with E-state index in [2.05, 4.69) is 0 Å². The molecule has 0 N–H and O–H groups in total. The van der Waals surface area contributed by atoms with Crippen LogP contribution < -0.4 is 18.9 Å². The maximum Gasteiger partial charge on any atom is 0.174 e. The van der Waals surface area contributed by atoms with E-state index >= 15 is 0 Å². The van der Waals surface area contributed by atoms with Gasteiger partial charge < -0.3 is 18.9 Å². The molecule has 0 radical (unpaired) electrons. The van der Waals surface area contributed by atoms with Gasteiger partial charge in [-0.25, -0.2) is 0 Å². The molecule has 2 aliphatic rings. The Morgan fingerprint density at radius 3 is 1.26 bits per heavy atom. The number of carbonyl (C=O) groups is 2. The van der Waals surface area contributed by atoms with E-state index in [1.807, 2.05) is 60.7 Å². The fourth-order valence-electron chi connectivity index (χ4n) is 5.44. The van der Waals surface area contributed by atoms with Gasteiger partial charge >= 0.3 is 0 Å². The lowest BCUT2D eigenvalue weighted by Crippen LogP contribution is -2.45. The average molecular weight is 507 g/mol. The maximum atomic E-state index is 14.2. The van der Waals surface area contributed by atoms with Gasteiger partial charge in [0.05, 0.1) is 37.2 Å². The van der Waals surface area contributed by atoms with Gasteiger partial charge in [-0.2, -0.15) is 0 Å². The first-order valence-corrected chi connectivity index (χ1v) is 12.5. The molecule has 6 rings (SSSR count). The molecular formula is C32H26O6. The second-order valence-corrected chi connectivity index (χ2v) is 9.40. The summed E-state index contributed by atoms with van der Waals surface area (Å²) in [6, 6.07) is 29.2. The lowest BCUT2D eigenvalue weighted by molar-refractivity contribution is 0.0137. The van der Waals surface area contributed by atoms with Gasteiger partial charge in [-0.05, 0) is 59.7 Å². The van der Waals surface area contributed by atoms with Crippen LogP contribution in [0.25, 0.3) is 0 Å². The number of benzene rings is 4. The monoisotopic (exact) mass is 506 g/mol. The van der Waals surface area contributed by atoms with Crippen LogP contribution in [0.2, 0.25) is 0 Å². The first kappa shape index (κ1) is 23.8. The van der Waals surface area contributed by atoms with Gasteiger partial charge in [0.15, 0.2) is 11.6 Å². The third-order valence-corrected chi connectivity index (χ3v) is 7.35. The SMILES string of the molecule is COc1ccc([C@H]2Oc3ccccc3C(=O)[C@@H]2[C@H]2C(=O)c3ccccc3O[C@@H]2c2ccc(OC)cc2)cc1. The van der Waals surface area contributed by atoms with Crippen LogP contribution in [0.4, 0.5) is 0 Å². The Bertz CT molecular complexity index is 1380. The van der Waals surface area contributed by atoms with Crippen molar-refractivity contribution >= 4 is 11.6 Å². The van der Waals surface area contributed by atoms with Gasteiger partial charge in [-0.1, -0.05) is 48.5 Å². The van der Waals surface area contributed by atoms with Crippen molar-refractivity contribution in [1.29, 1.82) is 0 Å². The van der Waals surface area contributed by atoms with Crippen molar-refractivity contribution < 1.29 is 28.5 Å². The molecule has 0 aromatic heterocycles. The quantitative estimate of drug-likeness (QED) is 0.318. The highest BCUT2D eigenvalue weighted by Crippen LogP contribution is 2.50. The first-order chi connectivity index (χ1) is 18.6. The Kier molecular flexibility index (Phi) is 6.08. The van der Waals surface area contributed by atoms with E-state index in [1.54, 1.807) is 50.6 Å². The topological polar surface area (TPSA) is 71.1 Å². The van der Waals surface area contributed by atoms with Gasteiger partial charge in [0, 0.05) is 0 Å². The Morgan fingerprint density at radius 2 is 0.895 bits per heavy atom. The molecule has 0 bridgehead atoms. The van der Waals surface area contributed by atoms with Crippen LogP contribution in [-0.2, 0) is 0 Å². The number of Topliss-reactive ketones (excluding diaryl/α,β-unsaturated/α-hetero) is 2. The van der Waals surface area contributed by atoms with Gasteiger partial charge in [0.1, 0.15) is 35.2 Å². The van der Waals surface area contributed by atoms with Crippen LogP contribution in [-0.4, -0.2) is 25.8 Å². The summed E-state index contributed by atoms with van der Waals surface area (Å²) >= 11 is 0. The van der Waals surface area contributed by atoms with Crippen LogP contribution >= 0.6 is 0 Å². The second-order valence-electron chi connectivity index (χ2n) is 9.40. The van der Waals surface area contributed by atoms with E-state index in [9.17, 15) is 9.59 Å². The molecule has 0 amide bonds. The molecule has 0 fully saturated rings. The molecule has 2 heterocycles. The minimum Gasteiger partial charge on any atom is -0.497 e. The Balaban J connectivity index is 1.52. The number of para-hydroxylation sites is 2. The van der Waals surface area contributed by atoms with E-state index in [0.717, 1.165) is 11.1 Å². The highest BCUT2D eigenvalue weighted by atomic mass is 16.5. The number of hydrogen-bond acceptors (Lipinski definition) is 6. The second kappa shape index (κ2) is 9.71. The molecule has 4 aromatic carbocycles. The van der Waals surface area contributed by atoms with Gasteiger partial charge in [-0.15, -0.1) is 0 Å². The molecule has 0 saturated heterocycles. The molecule has 6 nitrogen and oxygen atoms in total. The van der Waals surface area contributed by atoms with Crippen molar-refractivity contribution in [1.82, 2.24) is 0 Å². The molecule has 2 aliphatic heterocycles. The molecule has 4 aromatic rings. The molecule has 0 unspecified atom stereocenters. The summed E-state index contributed by atoms with van der Waals surface area (Å²) in [6.07, 6.45) is -1.40. The largest absolute Gasteiger partial charge is 0.497 e. The maximum absolute atomic E-state index is 14.2. The fraction of sp³-hybridized carbons (Fsp3) is 0.188. The van der Waals surface area contributed by atoms with Gasteiger partial charge in [-0.3, -0.25) is 9.59 Å². The highest BCUT2D eigenvalue weighted by Gasteiger charge is 2.52. The van der Waals surface area contributed by atoms with E-state index in [0.29, 0.717) is 34.1 Å². The van der Waals surface area contributed by atoms with Crippen molar-refractivity contribution in [3.05, 3.63) is 119 Å². The van der Waals surface area contributed by atoms with Crippen LogP contribution in [0.15, 0.2) is 97.1 Å². The Labute approximate surface area is 220 Å². The van der Waals surface area contributed by atoms with E-state index in [4.69, 9.17) is 18.9 Å². The number of ether oxygens (including phenoxy) is 4. The third-order valence-electron chi connectivity index (χ3n) is 7.35. The lowest BCUT2D eigenvalue weighted by Gasteiger charge is -2.42. The van der Waals surface area contributed by atoms with Gasteiger partial charge in [0.2, 0.25) is 0 Å². The van der Waals surface area contributed by atoms with E-state index in [1.165, 1.54) is 0 Å². The standard InChI is InChI=1S/C32H26O6/c1-35-21-15-11-19(12-16-21)31-27(29(33)23-7-3-5-9-25(23)37-31)28-30(34)24-8-4-6-10-26(24)38-32(28)20-13-17-22(36-2)18-14-20/h3-18,27-28,31-32H,1-2H3/t27-,28-,31+,32+/m0/s1. The third kappa shape index (κ3) is 3.98. The summed E-state index contributed by atoms with van der Waals surface area (Å²) in [5, 5.41) is 0. The number of rotatable bonds is 5. The van der Waals surface area contributed by atoms with Crippen LogP contribution in [0, 0.1) is 11.8 Å². The fourth-order valence-corrected chi connectivity index (χ4v) is 5.44. The normalized spacial score (nSPS) is 21.9.